The zero-order chi connectivity index (χ0) is 19.2. The van der Waals surface area contributed by atoms with Gasteiger partial charge in [-0.05, 0) is 37.0 Å². The summed E-state index contributed by atoms with van der Waals surface area (Å²) in [7, 11) is 0. The van der Waals surface area contributed by atoms with Gasteiger partial charge in [0.05, 0.1) is 12.3 Å². The van der Waals surface area contributed by atoms with Gasteiger partial charge < -0.3 is 4.90 Å². The van der Waals surface area contributed by atoms with Crippen molar-refractivity contribution in [2.75, 3.05) is 18.8 Å². The fraction of sp³-hybridized carbons (Fsp3) is 0.333. The van der Waals surface area contributed by atoms with Gasteiger partial charge in [0.2, 0.25) is 5.91 Å². The van der Waals surface area contributed by atoms with Gasteiger partial charge in [-0.3, -0.25) is 14.3 Å². The number of carbonyl (C=O) groups excluding carboxylic acids is 1. The number of aromatic nitrogens is 4. The molecule has 1 aliphatic heterocycles. The molecule has 0 aliphatic carbocycles. The van der Waals surface area contributed by atoms with Crippen LogP contribution >= 0.6 is 11.8 Å². The van der Waals surface area contributed by atoms with Crippen molar-refractivity contribution < 1.29 is 4.79 Å². The van der Waals surface area contributed by atoms with Crippen LogP contribution in [-0.4, -0.2) is 49.4 Å². The van der Waals surface area contributed by atoms with E-state index in [2.05, 4.69) is 31.9 Å². The molecule has 0 spiro atoms. The Bertz CT molecular complexity index is 907. The molecule has 0 N–H and O–H groups in total. The normalized spacial score (nSPS) is 14.2. The standard InChI is InChI=1S/C21H23N5OS/c27-19(25-13-5-2-6-14-25)16-28-21-24-23-20(18-9-11-22-12-10-18)26(21)15-17-7-3-1-4-8-17/h1,3-4,7-12H,2,5-6,13-16H2. The summed E-state index contributed by atoms with van der Waals surface area (Å²) in [6, 6.07) is 14.1. The number of amides is 1. The summed E-state index contributed by atoms with van der Waals surface area (Å²) >= 11 is 1.47. The highest BCUT2D eigenvalue weighted by Crippen LogP contribution is 2.25. The van der Waals surface area contributed by atoms with E-state index in [1.54, 1.807) is 12.4 Å². The van der Waals surface area contributed by atoms with Gasteiger partial charge in [-0.1, -0.05) is 42.1 Å². The Morgan fingerprint density at radius 1 is 0.964 bits per heavy atom. The first-order chi connectivity index (χ1) is 13.8. The Morgan fingerprint density at radius 3 is 2.46 bits per heavy atom. The second-order valence-corrected chi connectivity index (χ2v) is 7.79. The molecule has 0 bridgehead atoms. The van der Waals surface area contributed by atoms with Crippen LogP contribution in [0.1, 0.15) is 24.8 Å². The number of piperidine rings is 1. The molecule has 7 heteroatoms. The third-order valence-corrected chi connectivity index (χ3v) is 5.82. The number of likely N-dealkylation sites (tertiary alicyclic amines) is 1. The van der Waals surface area contributed by atoms with Gasteiger partial charge in [0.1, 0.15) is 0 Å². The summed E-state index contributed by atoms with van der Waals surface area (Å²) in [6.45, 7) is 2.41. The second-order valence-electron chi connectivity index (χ2n) is 6.84. The number of carbonyl (C=O) groups is 1. The molecule has 1 aliphatic rings. The molecule has 4 rings (SSSR count). The third kappa shape index (κ3) is 4.42. The van der Waals surface area contributed by atoms with E-state index >= 15 is 0 Å². The number of pyridine rings is 1. The van der Waals surface area contributed by atoms with E-state index in [4.69, 9.17) is 0 Å². The average Bonchev–Trinajstić information content (AvgIpc) is 3.16. The first-order valence-corrected chi connectivity index (χ1v) is 10.6. The van der Waals surface area contributed by atoms with Crippen LogP contribution in [-0.2, 0) is 11.3 Å². The van der Waals surface area contributed by atoms with E-state index in [1.165, 1.54) is 23.7 Å². The Labute approximate surface area is 169 Å². The Morgan fingerprint density at radius 2 is 1.71 bits per heavy atom. The number of benzene rings is 1. The van der Waals surface area contributed by atoms with Gasteiger partial charge in [0, 0.05) is 31.0 Å². The molecule has 2 aromatic heterocycles. The first kappa shape index (κ1) is 18.7. The maximum atomic E-state index is 12.6. The van der Waals surface area contributed by atoms with Gasteiger partial charge in [0.25, 0.3) is 0 Å². The van der Waals surface area contributed by atoms with Crippen molar-refractivity contribution in [1.82, 2.24) is 24.6 Å². The largest absolute Gasteiger partial charge is 0.342 e. The highest BCUT2D eigenvalue weighted by molar-refractivity contribution is 7.99. The maximum absolute atomic E-state index is 12.6. The third-order valence-electron chi connectivity index (χ3n) is 4.87. The molecule has 0 atom stereocenters. The predicted octanol–water partition coefficient (Wildman–Crippen LogP) is 3.49. The van der Waals surface area contributed by atoms with Crippen molar-refractivity contribution in [2.24, 2.45) is 0 Å². The zero-order valence-electron chi connectivity index (χ0n) is 15.7. The molecule has 0 radical (unpaired) electrons. The van der Waals surface area contributed by atoms with Crippen molar-refractivity contribution in [2.45, 2.75) is 31.0 Å². The highest BCUT2D eigenvalue weighted by Gasteiger charge is 2.20. The van der Waals surface area contributed by atoms with Gasteiger partial charge >= 0.3 is 0 Å². The highest BCUT2D eigenvalue weighted by atomic mass is 32.2. The minimum atomic E-state index is 0.185. The summed E-state index contributed by atoms with van der Waals surface area (Å²) in [5.41, 5.74) is 2.13. The van der Waals surface area contributed by atoms with Crippen LogP contribution in [0.5, 0.6) is 0 Å². The second kappa shape index (κ2) is 9.01. The monoisotopic (exact) mass is 393 g/mol. The van der Waals surface area contributed by atoms with Crippen molar-refractivity contribution in [3.8, 4) is 11.4 Å². The number of rotatable bonds is 6. The minimum absolute atomic E-state index is 0.185. The quantitative estimate of drug-likeness (QED) is 0.600. The topological polar surface area (TPSA) is 63.9 Å². The summed E-state index contributed by atoms with van der Waals surface area (Å²) in [4.78, 5) is 18.6. The lowest BCUT2D eigenvalue weighted by Crippen LogP contribution is -2.36. The van der Waals surface area contributed by atoms with Gasteiger partial charge in [0.15, 0.2) is 11.0 Å². The maximum Gasteiger partial charge on any atom is 0.233 e. The number of nitrogens with zero attached hydrogens (tertiary/aromatic N) is 5. The molecule has 0 saturated carbocycles. The lowest BCUT2D eigenvalue weighted by Gasteiger charge is -2.26. The summed E-state index contributed by atoms with van der Waals surface area (Å²) in [6.07, 6.45) is 6.93. The molecule has 144 valence electrons. The van der Waals surface area contributed by atoms with Crippen LogP contribution in [0.2, 0.25) is 0 Å². The van der Waals surface area contributed by atoms with Gasteiger partial charge in [-0.2, -0.15) is 0 Å². The van der Waals surface area contributed by atoms with Crippen LogP contribution in [0.15, 0.2) is 60.0 Å². The zero-order valence-corrected chi connectivity index (χ0v) is 16.5. The summed E-state index contributed by atoms with van der Waals surface area (Å²) < 4.78 is 2.08. The molecule has 1 aromatic carbocycles. The van der Waals surface area contributed by atoms with Crippen molar-refractivity contribution >= 4 is 17.7 Å². The molecule has 1 saturated heterocycles. The molecule has 0 unspecified atom stereocenters. The van der Waals surface area contributed by atoms with E-state index in [0.717, 1.165) is 42.5 Å². The SMILES string of the molecule is O=C(CSc1nnc(-c2ccncc2)n1Cc1ccccc1)N1CCCCC1. The lowest BCUT2D eigenvalue weighted by atomic mass is 10.1. The first-order valence-electron chi connectivity index (χ1n) is 9.59. The van der Waals surface area contributed by atoms with Crippen molar-refractivity contribution in [3.63, 3.8) is 0 Å². The van der Waals surface area contributed by atoms with Crippen molar-refractivity contribution in [3.05, 3.63) is 60.4 Å². The lowest BCUT2D eigenvalue weighted by molar-refractivity contribution is -0.129. The van der Waals surface area contributed by atoms with Crippen LogP contribution in [0.4, 0.5) is 0 Å². The molecule has 1 fully saturated rings. The van der Waals surface area contributed by atoms with E-state index in [9.17, 15) is 4.79 Å². The van der Waals surface area contributed by atoms with Gasteiger partial charge in [-0.15, -0.1) is 10.2 Å². The minimum Gasteiger partial charge on any atom is -0.342 e. The van der Waals surface area contributed by atoms with Crippen LogP contribution < -0.4 is 0 Å². The fourth-order valence-electron chi connectivity index (χ4n) is 3.38. The number of thioether (sulfide) groups is 1. The van der Waals surface area contributed by atoms with E-state index in [1.807, 2.05) is 35.2 Å². The summed E-state index contributed by atoms with van der Waals surface area (Å²) in [5.74, 6) is 1.37. The van der Waals surface area contributed by atoms with E-state index in [-0.39, 0.29) is 5.91 Å². The molecule has 6 nitrogen and oxygen atoms in total. The van der Waals surface area contributed by atoms with E-state index < -0.39 is 0 Å². The molecule has 1 amide bonds. The van der Waals surface area contributed by atoms with Gasteiger partial charge in [-0.25, -0.2) is 0 Å². The fourth-order valence-corrected chi connectivity index (χ4v) is 4.22. The molecule has 3 heterocycles. The Balaban J connectivity index is 1.56. The number of hydrogen-bond acceptors (Lipinski definition) is 5. The van der Waals surface area contributed by atoms with E-state index in [0.29, 0.717) is 12.3 Å². The Kier molecular flexibility index (Phi) is 6.01. The summed E-state index contributed by atoms with van der Waals surface area (Å²) in [5, 5.41) is 9.57. The smallest absolute Gasteiger partial charge is 0.233 e. The van der Waals surface area contributed by atoms with Crippen LogP contribution in [0.3, 0.4) is 0 Å². The predicted molar refractivity (Wildman–Crippen MR) is 110 cm³/mol. The van der Waals surface area contributed by atoms with Crippen LogP contribution in [0, 0.1) is 0 Å². The Hall–Kier alpha value is -2.67. The molecule has 3 aromatic rings. The molecular weight excluding hydrogens is 370 g/mol. The average molecular weight is 394 g/mol. The molecule has 28 heavy (non-hydrogen) atoms. The number of hydrogen-bond donors (Lipinski definition) is 0. The van der Waals surface area contributed by atoms with Crippen LogP contribution in [0.25, 0.3) is 11.4 Å². The molecular formula is C21H23N5OS. The van der Waals surface area contributed by atoms with Crippen molar-refractivity contribution in [1.29, 1.82) is 0 Å².